The molecule has 0 nitrogen and oxygen atoms in total. The summed E-state index contributed by atoms with van der Waals surface area (Å²) < 4.78 is 0. The van der Waals surface area contributed by atoms with Crippen LogP contribution in [0.3, 0.4) is 0 Å². The number of hydrogen-bond acceptors (Lipinski definition) is 0. The van der Waals surface area contributed by atoms with Crippen LogP contribution in [0.4, 0.5) is 0 Å². The molecule has 0 N–H and O–H groups in total. The van der Waals surface area contributed by atoms with Gasteiger partial charge in [0.25, 0.3) is 0 Å². The van der Waals surface area contributed by atoms with Crippen molar-refractivity contribution >= 4 is 0 Å². The van der Waals surface area contributed by atoms with Crippen molar-refractivity contribution in [1.29, 1.82) is 0 Å². The van der Waals surface area contributed by atoms with Crippen LogP contribution < -0.4 is 0 Å². The van der Waals surface area contributed by atoms with Crippen molar-refractivity contribution in [3.63, 3.8) is 0 Å². The van der Waals surface area contributed by atoms with E-state index in [0.29, 0.717) is 0 Å². The van der Waals surface area contributed by atoms with Crippen molar-refractivity contribution < 1.29 is 0 Å². The molecule has 3 unspecified atom stereocenters. The molecule has 1 aliphatic rings. The van der Waals surface area contributed by atoms with Gasteiger partial charge in [0.05, 0.1) is 0 Å². The van der Waals surface area contributed by atoms with Crippen LogP contribution in [0.15, 0.2) is 0 Å². The molecule has 0 aromatic carbocycles. The Morgan fingerprint density at radius 3 is 2.18 bits per heavy atom. The molecule has 1 saturated carbocycles. The fourth-order valence-electron chi connectivity index (χ4n) is 2.60. The minimum atomic E-state index is 1.00. The highest BCUT2D eigenvalue weighted by Gasteiger charge is 2.25. The molecule has 0 bridgehead atoms. The van der Waals surface area contributed by atoms with E-state index in [0.717, 1.165) is 17.8 Å². The molecule has 3 atom stereocenters. The lowest BCUT2D eigenvalue weighted by Gasteiger charge is -2.33. The molecular formula is C11H22. The summed E-state index contributed by atoms with van der Waals surface area (Å²) in [5.41, 5.74) is 0. The summed E-state index contributed by atoms with van der Waals surface area (Å²) in [4.78, 5) is 0. The zero-order valence-electron chi connectivity index (χ0n) is 8.27. The Balaban J connectivity index is 2.41. The molecule has 0 spiro atoms. The van der Waals surface area contributed by atoms with Gasteiger partial charge in [-0.3, -0.25) is 0 Å². The van der Waals surface area contributed by atoms with Gasteiger partial charge in [0.2, 0.25) is 0 Å². The maximum atomic E-state index is 2.41. The lowest BCUT2D eigenvalue weighted by Crippen LogP contribution is -2.22. The highest BCUT2D eigenvalue weighted by Crippen LogP contribution is 2.36. The van der Waals surface area contributed by atoms with Crippen molar-refractivity contribution in [2.24, 2.45) is 17.8 Å². The molecule has 0 aromatic rings. The Morgan fingerprint density at radius 1 is 1.00 bits per heavy atom. The monoisotopic (exact) mass is 154 g/mol. The third-order valence-corrected chi connectivity index (χ3v) is 3.45. The topological polar surface area (TPSA) is 0 Å². The Labute approximate surface area is 71.4 Å². The second kappa shape index (κ2) is 4.13. The van der Waals surface area contributed by atoms with Crippen molar-refractivity contribution in [2.75, 3.05) is 0 Å². The quantitative estimate of drug-likeness (QED) is 0.566. The van der Waals surface area contributed by atoms with E-state index in [-0.39, 0.29) is 0 Å². The maximum absolute atomic E-state index is 2.41. The van der Waals surface area contributed by atoms with E-state index in [2.05, 4.69) is 20.8 Å². The first-order valence-corrected chi connectivity index (χ1v) is 5.27. The van der Waals surface area contributed by atoms with Crippen molar-refractivity contribution in [3.05, 3.63) is 0 Å². The smallest absolute Gasteiger partial charge is 0.0386 e. The molecule has 0 aromatic heterocycles. The zero-order valence-corrected chi connectivity index (χ0v) is 8.27. The van der Waals surface area contributed by atoms with E-state index in [1.165, 1.54) is 32.1 Å². The SMILES string of the molecule is CCC1CCC(C)CC1CC. The fourth-order valence-corrected chi connectivity index (χ4v) is 2.60. The third kappa shape index (κ3) is 2.21. The lowest BCUT2D eigenvalue weighted by molar-refractivity contribution is 0.179. The van der Waals surface area contributed by atoms with Gasteiger partial charge in [-0.25, -0.2) is 0 Å². The molecule has 0 aliphatic heterocycles. The van der Waals surface area contributed by atoms with E-state index in [9.17, 15) is 0 Å². The number of hydrogen-bond donors (Lipinski definition) is 0. The van der Waals surface area contributed by atoms with Gasteiger partial charge in [-0.1, -0.05) is 40.0 Å². The normalized spacial score (nSPS) is 39.0. The second-order valence-electron chi connectivity index (χ2n) is 4.25. The lowest BCUT2D eigenvalue weighted by atomic mass is 9.72. The van der Waals surface area contributed by atoms with Gasteiger partial charge in [-0.2, -0.15) is 0 Å². The van der Waals surface area contributed by atoms with Crippen molar-refractivity contribution in [2.45, 2.75) is 52.9 Å². The highest BCUT2D eigenvalue weighted by atomic mass is 14.3. The van der Waals surface area contributed by atoms with Gasteiger partial charge in [-0.05, 0) is 30.6 Å². The van der Waals surface area contributed by atoms with Crippen molar-refractivity contribution in [1.82, 2.24) is 0 Å². The van der Waals surface area contributed by atoms with E-state index < -0.39 is 0 Å². The molecule has 0 heteroatoms. The molecule has 1 aliphatic carbocycles. The molecule has 1 fully saturated rings. The van der Waals surface area contributed by atoms with Gasteiger partial charge < -0.3 is 0 Å². The molecule has 1 rings (SSSR count). The predicted octanol–water partition coefficient (Wildman–Crippen LogP) is 3.86. The van der Waals surface area contributed by atoms with Crippen LogP contribution in [0.2, 0.25) is 0 Å². The van der Waals surface area contributed by atoms with Gasteiger partial charge in [0, 0.05) is 0 Å². The van der Waals surface area contributed by atoms with Crippen LogP contribution >= 0.6 is 0 Å². The summed E-state index contributed by atoms with van der Waals surface area (Å²) in [5, 5.41) is 0. The van der Waals surface area contributed by atoms with E-state index in [1.54, 1.807) is 0 Å². The predicted molar refractivity (Wildman–Crippen MR) is 50.6 cm³/mol. The van der Waals surface area contributed by atoms with E-state index >= 15 is 0 Å². The number of rotatable bonds is 2. The summed E-state index contributed by atoms with van der Waals surface area (Å²) >= 11 is 0. The van der Waals surface area contributed by atoms with E-state index in [4.69, 9.17) is 0 Å². The minimum Gasteiger partial charge on any atom is -0.0651 e. The Kier molecular flexibility index (Phi) is 3.42. The van der Waals surface area contributed by atoms with Crippen molar-refractivity contribution in [3.8, 4) is 0 Å². The summed E-state index contributed by atoms with van der Waals surface area (Å²) in [6, 6.07) is 0. The summed E-state index contributed by atoms with van der Waals surface area (Å²) in [6.07, 6.45) is 7.29. The zero-order chi connectivity index (χ0) is 8.27. The van der Waals surface area contributed by atoms with Crippen LogP contribution in [0, 0.1) is 17.8 Å². The van der Waals surface area contributed by atoms with Crippen LogP contribution in [0.1, 0.15) is 52.9 Å². The van der Waals surface area contributed by atoms with Crippen LogP contribution in [0.5, 0.6) is 0 Å². The first-order valence-electron chi connectivity index (χ1n) is 5.27. The molecule has 0 radical (unpaired) electrons. The molecule has 0 saturated heterocycles. The Bertz CT molecular complexity index is 107. The maximum Gasteiger partial charge on any atom is -0.0386 e. The van der Waals surface area contributed by atoms with Gasteiger partial charge in [0.15, 0.2) is 0 Å². The first kappa shape index (κ1) is 9.09. The molecular weight excluding hydrogens is 132 g/mol. The molecule has 66 valence electrons. The second-order valence-corrected chi connectivity index (χ2v) is 4.25. The molecule has 0 amide bonds. The van der Waals surface area contributed by atoms with Gasteiger partial charge >= 0.3 is 0 Å². The summed E-state index contributed by atoms with van der Waals surface area (Å²) in [5.74, 6) is 3.10. The Hall–Kier alpha value is 0. The molecule has 11 heavy (non-hydrogen) atoms. The molecule has 0 heterocycles. The standard InChI is InChI=1S/C11H22/c1-4-10-7-6-9(3)8-11(10)5-2/h9-11H,4-8H2,1-3H3. The summed E-state index contributed by atoms with van der Waals surface area (Å²) in [6.45, 7) is 7.11. The average Bonchev–Trinajstić information content (AvgIpc) is 2.04. The Morgan fingerprint density at radius 2 is 1.64 bits per heavy atom. The van der Waals surface area contributed by atoms with Gasteiger partial charge in [0.1, 0.15) is 0 Å². The third-order valence-electron chi connectivity index (χ3n) is 3.45. The first-order chi connectivity index (χ1) is 5.27. The van der Waals surface area contributed by atoms with Crippen LogP contribution in [-0.2, 0) is 0 Å². The van der Waals surface area contributed by atoms with E-state index in [1.807, 2.05) is 0 Å². The summed E-state index contributed by atoms with van der Waals surface area (Å²) in [7, 11) is 0. The highest BCUT2D eigenvalue weighted by molar-refractivity contribution is 4.76. The average molecular weight is 154 g/mol. The van der Waals surface area contributed by atoms with Crippen LogP contribution in [-0.4, -0.2) is 0 Å². The van der Waals surface area contributed by atoms with Crippen LogP contribution in [0.25, 0.3) is 0 Å². The fraction of sp³-hybridized carbons (Fsp3) is 1.00. The minimum absolute atomic E-state index is 1.00. The van der Waals surface area contributed by atoms with Gasteiger partial charge in [-0.15, -0.1) is 0 Å². The largest absolute Gasteiger partial charge is 0.0651 e.